The monoisotopic (exact) mass is 356 g/mol. The fourth-order valence-corrected chi connectivity index (χ4v) is 4.07. The van der Waals surface area contributed by atoms with Gasteiger partial charge in [0.2, 0.25) is 11.7 Å². The van der Waals surface area contributed by atoms with Crippen molar-refractivity contribution in [2.45, 2.75) is 25.7 Å². The molecule has 0 atom stereocenters. The van der Waals surface area contributed by atoms with Gasteiger partial charge in [-0.05, 0) is 44.0 Å². The SMILES string of the molecule is Cc1ccc(C(=O)N2CCC(c3nc(-c4cccn4C)no3)CC2)s1. The van der Waals surface area contributed by atoms with Crippen LogP contribution in [0.4, 0.5) is 0 Å². The zero-order chi connectivity index (χ0) is 17.4. The van der Waals surface area contributed by atoms with Gasteiger partial charge >= 0.3 is 0 Å². The molecule has 1 saturated heterocycles. The number of hydrogen-bond donors (Lipinski definition) is 0. The van der Waals surface area contributed by atoms with Crippen molar-refractivity contribution in [3.05, 3.63) is 46.1 Å². The fraction of sp³-hybridized carbons (Fsp3) is 0.389. The molecule has 130 valence electrons. The Morgan fingerprint density at radius 2 is 2.08 bits per heavy atom. The zero-order valence-electron chi connectivity index (χ0n) is 14.3. The summed E-state index contributed by atoms with van der Waals surface area (Å²) in [6.45, 7) is 3.47. The highest BCUT2D eigenvalue weighted by atomic mass is 32.1. The van der Waals surface area contributed by atoms with Crippen LogP contribution in [-0.4, -0.2) is 38.6 Å². The van der Waals surface area contributed by atoms with E-state index in [1.165, 1.54) is 0 Å². The highest BCUT2D eigenvalue weighted by Crippen LogP contribution is 2.29. The van der Waals surface area contributed by atoms with E-state index in [1.54, 1.807) is 11.3 Å². The van der Waals surface area contributed by atoms with Gasteiger partial charge in [-0.1, -0.05) is 5.16 Å². The van der Waals surface area contributed by atoms with Crippen LogP contribution < -0.4 is 0 Å². The van der Waals surface area contributed by atoms with Crippen LogP contribution in [0.1, 0.15) is 39.2 Å². The molecule has 1 amide bonds. The quantitative estimate of drug-likeness (QED) is 0.721. The van der Waals surface area contributed by atoms with Crippen LogP contribution in [0.5, 0.6) is 0 Å². The molecule has 0 aliphatic carbocycles. The van der Waals surface area contributed by atoms with Crippen LogP contribution >= 0.6 is 11.3 Å². The number of piperidine rings is 1. The van der Waals surface area contributed by atoms with Crippen molar-refractivity contribution < 1.29 is 9.32 Å². The third-order valence-corrected chi connectivity index (χ3v) is 5.69. The van der Waals surface area contributed by atoms with Gasteiger partial charge < -0.3 is 14.0 Å². The number of carbonyl (C=O) groups is 1. The van der Waals surface area contributed by atoms with Crippen LogP contribution in [-0.2, 0) is 7.05 Å². The fourth-order valence-electron chi connectivity index (χ4n) is 3.23. The molecule has 6 nitrogen and oxygen atoms in total. The molecule has 0 radical (unpaired) electrons. The van der Waals surface area contributed by atoms with E-state index in [0.29, 0.717) is 11.7 Å². The lowest BCUT2D eigenvalue weighted by molar-refractivity contribution is 0.0709. The summed E-state index contributed by atoms with van der Waals surface area (Å²) in [6, 6.07) is 7.84. The van der Waals surface area contributed by atoms with Crippen molar-refractivity contribution in [3.63, 3.8) is 0 Å². The number of amides is 1. The molecule has 7 heteroatoms. The molecule has 3 aromatic heterocycles. The third-order valence-electron chi connectivity index (χ3n) is 4.70. The Labute approximate surface area is 150 Å². The van der Waals surface area contributed by atoms with Crippen LogP contribution in [0.25, 0.3) is 11.5 Å². The summed E-state index contributed by atoms with van der Waals surface area (Å²) in [4.78, 5) is 21.0. The summed E-state index contributed by atoms with van der Waals surface area (Å²) in [7, 11) is 1.96. The normalized spacial score (nSPS) is 15.7. The second-order valence-corrected chi connectivity index (χ2v) is 7.73. The number of aromatic nitrogens is 3. The molecule has 0 spiro atoms. The van der Waals surface area contributed by atoms with Gasteiger partial charge in [0.05, 0.1) is 10.6 Å². The van der Waals surface area contributed by atoms with Gasteiger partial charge in [-0.15, -0.1) is 11.3 Å². The number of hydrogen-bond acceptors (Lipinski definition) is 5. The number of rotatable bonds is 3. The van der Waals surface area contributed by atoms with Crippen molar-refractivity contribution in [1.82, 2.24) is 19.6 Å². The van der Waals surface area contributed by atoms with Gasteiger partial charge in [0.1, 0.15) is 0 Å². The first-order valence-corrected chi connectivity index (χ1v) is 9.24. The molecular weight excluding hydrogens is 336 g/mol. The first kappa shape index (κ1) is 16.1. The predicted molar refractivity (Wildman–Crippen MR) is 95.6 cm³/mol. The zero-order valence-corrected chi connectivity index (χ0v) is 15.1. The van der Waals surface area contributed by atoms with Crippen LogP contribution in [0.2, 0.25) is 0 Å². The molecule has 0 unspecified atom stereocenters. The first-order chi connectivity index (χ1) is 12.1. The standard InChI is InChI=1S/C18H20N4O2S/c1-12-5-6-15(25-12)18(23)22-10-7-13(8-11-22)17-19-16(20-24-17)14-4-3-9-21(14)2/h3-6,9,13H,7-8,10-11H2,1-2H3. The van der Waals surface area contributed by atoms with Gasteiger partial charge in [-0.2, -0.15) is 4.98 Å². The van der Waals surface area contributed by atoms with E-state index >= 15 is 0 Å². The summed E-state index contributed by atoms with van der Waals surface area (Å²) in [5.41, 5.74) is 0.940. The molecule has 0 aromatic carbocycles. The smallest absolute Gasteiger partial charge is 0.263 e. The van der Waals surface area contributed by atoms with Crippen LogP contribution in [0.15, 0.2) is 35.0 Å². The topological polar surface area (TPSA) is 64.2 Å². The van der Waals surface area contributed by atoms with Crippen molar-refractivity contribution in [1.29, 1.82) is 0 Å². The minimum absolute atomic E-state index is 0.131. The summed E-state index contributed by atoms with van der Waals surface area (Å²) < 4.78 is 7.46. The summed E-state index contributed by atoms with van der Waals surface area (Å²) >= 11 is 1.56. The van der Waals surface area contributed by atoms with Crippen molar-refractivity contribution in [2.75, 3.05) is 13.1 Å². The van der Waals surface area contributed by atoms with Crippen molar-refractivity contribution in [3.8, 4) is 11.5 Å². The Hall–Kier alpha value is -2.41. The average molecular weight is 356 g/mol. The van der Waals surface area contributed by atoms with E-state index in [-0.39, 0.29) is 11.8 Å². The molecular formula is C18H20N4O2S. The second-order valence-electron chi connectivity index (χ2n) is 6.44. The summed E-state index contributed by atoms with van der Waals surface area (Å²) in [5.74, 6) is 1.65. The number of thiophene rings is 1. The Kier molecular flexibility index (Phi) is 4.17. The average Bonchev–Trinajstić information content (AvgIpc) is 3.35. The van der Waals surface area contributed by atoms with Gasteiger partial charge in [-0.3, -0.25) is 4.79 Å². The maximum Gasteiger partial charge on any atom is 0.263 e. The lowest BCUT2D eigenvalue weighted by Crippen LogP contribution is -2.37. The van der Waals surface area contributed by atoms with Crippen LogP contribution in [0, 0.1) is 6.92 Å². The van der Waals surface area contributed by atoms with E-state index in [4.69, 9.17) is 4.52 Å². The van der Waals surface area contributed by atoms with Crippen molar-refractivity contribution >= 4 is 17.2 Å². The minimum atomic E-state index is 0.131. The molecule has 4 rings (SSSR count). The lowest BCUT2D eigenvalue weighted by atomic mass is 9.96. The molecule has 0 N–H and O–H groups in total. The molecule has 1 aliphatic rings. The van der Waals surface area contributed by atoms with E-state index in [1.807, 2.05) is 53.9 Å². The highest BCUT2D eigenvalue weighted by Gasteiger charge is 2.28. The maximum absolute atomic E-state index is 12.5. The van der Waals surface area contributed by atoms with Gasteiger partial charge in [-0.25, -0.2) is 0 Å². The Balaban J connectivity index is 1.41. The van der Waals surface area contributed by atoms with Gasteiger partial charge in [0, 0.05) is 37.1 Å². The van der Waals surface area contributed by atoms with E-state index in [0.717, 1.165) is 41.4 Å². The molecule has 1 aliphatic heterocycles. The number of carbonyl (C=O) groups excluding carboxylic acids is 1. The van der Waals surface area contributed by atoms with E-state index < -0.39 is 0 Å². The molecule has 3 aromatic rings. The lowest BCUT2D eigenvalue weighted by Gasteiger charge is -2.30. The number of aryl methyl sites for hydroxylation is 2. The highest BCUT2D eigenvalue weighted by molar-refractivity contribution is 7.13. The number of nitrogens with zero attached hydrogens (tertiary/aromatic N) is 4. The molecule has 25 heavy (non-hydrogen) atoms. The maximum atomic E-state index is 12.5. The van der Waals surface area contributed by atoms with Crippen LogP contribution in [0.3, 0.4) is 0 Å². The molecule has 1 fully saturated rings. The minimum Gasteiger partial charge on any atom is -0.348 e. The molecule has 4 heterocycles. The number of likely N-dealkylation sites (tertiary alicyclic amines) is 1. The summed E-state index contributed by atoms with van der Waals surface area (Å²) in [6.07, 6.45) is 3.66. The largest absolute Gasteiger partial charge is 0.348 e. The van der Waals surface area contributed by atoms with E-state index in [2.05, 4.69) is 10.1 Å². The Morgan fingerprint density at radius 3 is 2.72 bits per heavy atom. The second kappa shape index (κ2) is 6.48. The third kappa shape index (κ3) is 3.11. The van der Waals surface area contributed by atoms with Gasteiger partial charge in [0.15, 0.2) is 0 Å². The predicted octanol–water partition coefficient (Wildman–Crippen LogP) is 3.46. The van der Waals surface area contributed by atoms with E-state index in [9.17, 15) is 4.79 Å². The van der Waals surface area contributed by atoms with Gasteiger partial charge in [0.25, 0.3) is 5.91 Å². The Bertz CT molecular complexity index is 886. The first-order valence-electron chi connectivity index (χ1n) is 8.43. The molecule has 0 bridgehead atoms. The molecule has 0 saturated carbocycles. The Morgan fingerprint density at radius 1 is 1.28 bits per heavy atom. The summed E-state index contributed by atoms with van der Waals surface area (Å²) in [5, 5.41) is 4.11. The van der Waals surface area contributed by atoms with Crippen molar-refractivity contribution in [2.24, 2.45) is 7.05 Å².